The Hall–Kier alpha value is -2.86. The van der Waals surface area contributed by atoms with Crippen molar-refractivity contribution < 1.29 is 19.1 Å². The van der Waals surface area contributed by atoms with E-state index in [9.17, 15) is 9.59 Å². The molecule has 0 unspecified atom stereocenters. The van der Waals surface area contributed by atoms with Gasteiger partial charge < -0.3 is 20.1 Å². The molecule has 0 heterocycles. The normalized spacial score (nSPS) is 11.5. The van der Waals surface area contributed by atoms with E-state index in [1.165, 1.54) is 0 Å². The lowest BCUT2D eigenvalue weighted by Gasteiger charge is -2.17. The largest absolute Gasteiger partial charge is 0.481 e. The summed E-state index contributed by atoms with van der Waals surface area (Å²) in [4.78, 5) is 24.9. The van der Waals surface area contributed by atoms with Gasteiger partial charge in [0.05, 0.1) is 11.3 Å². The molecule has 0 saturated heterocycles. The lowest BCUT2D eigenvalue weighted by Crippen LogP contribution is -2.32. The van der Waals surface area contributed by atoms with Gasteiger partial charge in [-0.3, -0.25) is 9.59 Å². The predicted molar refractivity (Wildman–Crippen MR) is 105 cm³/mol. The first-order valence-electron chi connectivity index (χ1n) is 8.92. The maximum Gasteiger partial charge on any atom is 0.265 e. The van der Waals surface area contributed by atoms with Gasteiger partial charge in [-0.25, -0.2) is 0 Å². The summed E-state index contributed by atoms with van der Waals surface area (Å²) in [7, 11) is 1.62. The monoisotopic (exact) mass is 370 g/mol. The number of methoxy groups -OCH3 is 1. The first-order chi connectivity index (χ1) is 13.0. The zero-order chi connectivity index (χ0) is 19.6. The molecular formula is C21H26N2O4. The topological polar surface area (TPSA) is 76.7 Å². The number of carbonyl (C=O) groups excluding carboxylic acids is 2. The zero-order valence-electron chi connectivity index (χ0n) is 16.0. The third kappa shape index (κ3) is 6.11. The number of benzene rings is 2. The molecule has 27 heavy (non-hydrogen) atoms. The zero-order valence-corrected chi connectivity index (χ0v) is 16.0. The summed E-state index contributed by atoms with van der Waals surface area (Å²) in [6.07, 6.45) is 0.0156. The molecule has 6 nitrogen and oxygen atoms in total. The Labute approximate surface area is 159 Å². The molecule has 0 aliphatic heterocycles. The lowest BCUT2D eigenvalue weighted by atomic mass is 10.1. The van der Waals surface area contributed by atoms with Gasteiger partial charge in [0.15, 0.2) is 6.10 Å². The Morgan fingerprint density at radius 3 is 2.52 bits per heavy atom. The molecule has 1 atom stereocenters. The molecule has 0 aromatic heterocycles. The van der Waals surface area contributed by atoms with Gasteiger partial charge in [-0.1, -0.05) is 30.3 Å². The standard InChI is InChI=1S/C21H26N2O4/c1-15-9-4-7-12-19(15)27-16(2)20(24)23-18-11-6-5-10-17(18)21(25)22-13-8-14-26-3/h4-7,9-12,16H,8,13-14H2,1-3H3,(H,22,25)(H,23,24)/t16-/m0/s1. The summed E-state index contributed by atoms with van der Waals surface area (Å²) in [5, 5.41) is 5.61. The fourth-order valence-corrected chi connectivity index (χ4v) is 2.47. The molecule has 2 aromatic carbocycles. The van der Waals surface area contributed by atoms with E-state index in [2.05, 4.69) is 10.6 Å². The minimum absolute atomic E-state index is 0.241. The highest BCUT2D eigenvalue weighted by Gasteiger charge is 2.18. The molecule has 0 spiro atoms. The van der Waals surface area contributed by atoms with E-state index in [-0.39, 0.29) is 11.8 Å². The molecule has 144 valence electrons. The Morgan fingerprint density at radius 1 is 1.07 bits per heavy atom. The first kappa shape index (κ1) is 20.5. The number of rotatable bonds is 9. The highest BCUT2D eigenvalue weighted by Crippen LogP contribution is 2.19. The van der Waals surface area contributed by atoms with Crippen LogP contribution >= 0.6 is 0 Å². The van der Waals surface area contributed by atoms with Crippen LogP contribution in [0.4, 0.5) is 5.69 Å². The summed E-state index contributed by atoms with van der Waals surface area (Å²) < 4.78 is 10.7. The average molecular weight is 370 g/mol. The Bertz CT molecular complexity index is 776. The summed E-state index contributed by atoms with van der Waals surface area (Å²) in [5.41, 5.74) is 1.81. The van der Waals surface area contributed by atoms with Gasteiger partial charge in [0.1, 0.15) is 5.75 Å². The molecule has 2 amide bonds. The van der Waals surface area contributed by atoms with E-state index >= 15 is 0 Å². The molecule has 0 fully saturated rings. The van der Waals surface area contributed by atoms with E-state index in [4.69, 9.17) is 9.47 Å². The smallest absolute Gasteiger partial charge is 0.265 e. The van der Waals surface area contributed by atoms with Crippen LogP contribution in [0, 0.1) is 6.92 Å². The molecule has 0 aliphatic carbocycles. The van der Waals surface area contributed by atoms with E-state index in [1.807, 2.05) is 31.2 Å². The van der Waals surface area contributed by atoms with Crippen molar-refractivity contribution >= 4 is 17.5 Å². The van der Waals surface area contributed by atoms with E-state index in [0.717, 1.165) is 12.0 Å². The van der Waals surface area contributed by atoms with Crippen LogP contribution in [0.15, 0.2) is 48.5 Å². The van der Waals surface area contributed by atoms with Crippen LogP contribution in [0.25, 0.3) is 0 Å². The number of anilines is 1. The van der Waals surface area contributed by atoms with Crippen molar-refractivity contribution in [1.29, 1.82) is 0 Å². The molecule has 2 aromatic rings. The second kappa shape index (κ2) is 10.3. The Morgan fingerprint density at radius 2 is 1.78 bits per heavy atom. The van der Waals surface area contributed by atoms with Crippen molar-refractivity contribution in [3.63, 3.8) is 0 Å². The van der Waals surface area contributed by atoms with Crippen LogP contribution in [0.5, 0.6) is 5.75 Å². The number of carbonyl (C=O) groups is 2. The van der Waals surface area contributed by atoms with Crippen molar-refractivity contribution in [3.8, 4) is 5.75 Å². The van der Waals surface area contributed by atoms with Gasteiger partial charge in [-0.05, 0) is 44.0 Å². The van der Waals surface area contributed by atoms with E-state index in [1.54, 1.807) is 38.3 Å². The van der Waals surface area contributed by atoms with Crippen LogP contribution in [0.2, 0.25) is 0 Å². The van der Waals surface area contributed by atoms with Crippen molar-refractivity contribution in [1.82, 2.24) is 5.32 Å². The third-order valence-electron chi connectivity index (χ3n) is 4.01. The van der Waals surface area contributed by atoms with Crippen molar-refractivity contribution in [3.05, 3.63) is 59.7 Å². The van der Waals surface area contributed by atoms with Crippen LogP contribution < -0.4 is 15.4 Å². The van der Waals surface area contributed by atoms with E-state index < -0.39 is 6.10 Å². The van der Waals surface area contributed by atoms with Gasteiger partial charge >= 0.3 is 0 Å². The molecule has 2 rings (SSSR count). The number of hydrogen-bond donors (Lipinski definition) is 2. The van der Waals surface area contributed by atoms with Crippen molar-refractivity contribution in [2.75, 3.05) is 25.6 Å². The average Bonchev–Trinajstić information content (AvgIpc) is 2.67. The number of nitrogens with one attached hydrogen (secondary N) is 2. The minimum atomic E-state index is -0.705. The molecular weight excluding hydrogens is 344 g/mol. The van der Waals surface area contributed by atoms with Gasteiger partial charge in [-0.15, -0.1) is 0 Å². The fraction of sp³-hybridized carbons (Fsp3) is 0.333. The van der Waals surface area contributed by atoms with Crippen LogP contribution in [-0.4, -0.2) is 38.2 Å². The SMILES string of the molecule is COCCCNC(=O)c1ccccc1NC(=O)[C@H](C)Oc1ccccc1C. The predicted octanol–water partition coefficient (Wildman–Crippen LogP) is 3.17. The van der Waals surface area contributed by atoms with Gasteiger partial charge in [0, 0.05) is 20.3 Å². The van der Waals surface area contributed by atoms with E-state index in [0.29, 0.717) is 30.2 Å². The number of aryl methyl sites for hydroxylation is 1. The number of para-hydroxylation sites is 2. The second-order valence-electron chi connectivity index (χ2n) is 6.16. The highest BCUT2D eigenvalue weighted by atomic mass is 16.5. The summed E-state index contributed by atoms with van der Waals surface area (Å²) >= 11 is 0. The van der Waals surface area contributed by atoms with Gasteiger partial charge in [0.2, 0.25) is 0 Å². The Balaban J connectivity index is 2.00. The highest BCUT2D eigenvalue weighted by molar-refractivity contribution is 6.04. The molecule has 2 N–H and O–H groups in total. The van der Waals surface area contributed by atoms with Gasteiger partial charge in [-0.2, -0.15) is 0 Å². The maximum atomic E-state index is 12.5. The van der Waals surface area contributed by atoms with Crippen LogP contribution in [0.3, 0.4) is 0 Å². The first-order valence-corrected chi connectivity index (χ1v) is 8.92. The van der Waals surface area contributed by atoms with Crippen LogP contribution in [-0.2, 0) is 9.53 Å². The summed E-state index contributed by atoms with van der Waals surface area (Å²) in [6.45, 7) is 4.67. The molecule has 0 radical (unpaired) electrons. The summed E-state index contributed by atoms with van der Waals surface area (Å²) in [6, 6.07) is 14.4. The maximum absolute atomic E-state index is 12.5. The Kier molecular flexibility index (Phi) is 7.82. The van der Waals surface area contributed by atoms with Crippen molar-refractivity contribution in [2.24, 2.45) is 0 Å². The molecule has 0 bridgehead atoms. The van der Waals surface area contributed by atoms with Gasteiger partial charge in [0.25, 0.3) is 11.8 Å². The third-order valence-corrected chi connectivity index (χ3v) is 4.01. The quantitative estimate of drug-likeness (QED) is 0.665. The number of ether oxygens (including phenoxy) is 2. The van der Waals surface area contributed by atoms with Crippen LogP contribution in [0.1, 0.15) is 29.3 Å². The number of hydrogen-bond acceptors (Lipinski definition) is 4. The minimum Gasteiger partial charge on any atom is -0.481 e. The number of amides is 2. The summed E-state index contributed by atoms with van der Waals surface area (Å²) in [5.74, 6) is 0.0942. The molecule has 0 aliphatic rings. The van der Waals surface area contributed by atoms with Crippen molar-refractivity contribution in [2.45, 2.75) is 26.4 Å². The fourth-order valence-electron chi connectivity index (χ4n) is 2.47. The lowest BCUT2D eigenvalue weighted by molar-refractivity contribution is -0.122. The molecule has 0 saturated carbocycles. The molecule has 6 heteroatoms. The second-order valence-corrected chi connectivity index (χ2v) is 6.16.